The first-order valence-electron chi connectivity index (χ1n) is 6.72. The Morgan fingerprint density at radius 1 is 1.29 bits per heavy atom. The van der Waals surface area contributed by atoms with Crippen LogP contribution in [-0.4, -0.2) is 9.78 Å². The molecule has 0 saturated heterocycles. The normalized spacial score (nSPS) is 14.2. The Labute approximate surface area is 131 Å². The third kappa shape index (κ3) is 3.32. The van der Waals surface area contributed by atoms with Crippen molar-refractivity contribution in [2.75, 3.05) is 0 Å². The first kappa shape index (κ1) is 16.1. The fourth-order valence-corrected chi connectivity index (χ4v) is 2.80. The van der Waals surface area contributed by atoms with Crippen LogP contribution in [0.2, 0.25) is 0 Å². The zero-order chi connectivity index (χ0) is 15.8. The first-order chi connectivity index (χ1) is 9.74. The summed E-state index contributed by atoms with van der Waals surface area (Å²) in [5, 5.41) is 4.41. The topological polar surface area (TPSA) is 43.8 Å². The molecule has 0 radical (unpaired) electrons. The number of hydrogen-bond acceptors (Lipinski definition) is 2. The second-order valence-electron chi connectivity index (χ2n) is 5.41. The highest BCUT2D eigenvalue weighted by atomic mass is 79.9. The first-order valence-corrected chi connectivity index (χ1v) is 7.51. The predicted octanol–water partition coefficient (Wildman–Crippen LogP) is 3.67. The van der Waals surface area contributed by atoms with Crippen molar-refractivity contribution in [2.45, 2.75) is 39.3 Å². The second kappa shape index (κ2) is 5.85. The molecule has 0 spiro atoms. The van der Waals surface area contributed by atoms with E-state index in [-0.39, 0.29) is 0 Å². The zero-order valence-corrected chi connectivity index (χ0v) is 13.8. The van der Waals surface area contributed by atoms with Gasteiger partial charge in [0.05, 0.1) is 15.9 Å². The molecule has 2 N–H and O–H groups in total. The van der Waals surface area contributed by atoms with Gasteiger partial charge in [0, 0.05) is 24.6 Å². The average molecular weight is 358 g/mol. The summed E-state index contributed by atoms with van der Waals surface area (Å²) in [5.41, 5.74) is 7.63. The lowest BCUT2D eigenvalue weighted by molar-refractivity contribution is 0.454. The van der Waals surface area contributed by atoms with Crippen LogP contribution in [0.15, 0.2) is 22.7 Å². The van der Waals surface area contributed by atoms with Crippen molar-refractivity contribution in [1.29, 1.82) is 0 Å². The summed E-state index contributed by atoms with van der Waals surface area (Å²) < 4.78 is 29.5. The van der Waals surface area contributed by atoms with E-state index in [1.54, 1.807) is 6.92 Å². The lowest BCUT2D eigenvalue weighted by Gasteiger charge is -2.26. The van der Waals surface area contributed by atoms with Crippen LogP contribution >= 0.6 is 15.9 Å². The number of aromatic nitrogens is 2. The van der Waals surface area contributed by atoms with Crippen molar-refractivity contribution in [3.8, 4) is 0 Å². The average Bonchev–Trinajstić information content (AvgIpc) is 2.65. The van der Waals surface area contributed by atoms with Gasteiger partial charge >= 0.3 is 0 Å². The molecular formula is C15H18BrF2N3. The molecule has 0 aliphatic heterocycles. The number of nitrogens with zero attached hydrogens (tertiary/aromatic N) is 2. The lowest BCUT2D eigenvalue weighted by Crippen LogP contribution is -2.36. The van der Waals surface area contributed by atoms with Gasteiger partial charge in [0.25, 0.3) is 0 Å². The van der Waals surface area contributed by atoms with E-state index < -0.39 is 17.2 Å². The van der Waals surface area contributed by atoms with Gasteiger partial charge in [-0.3, -0.25) is 4.68 Å². The number of benzene rings is 1. The van der Waals surface area contributed by atoms with Crippen LogP contribution in [0.4, 0.5) is 8.78 Å². The molecule has 1 aromatic heterocycles. The summed E-state index contributed by atoms with van der Waals surface area (Å²) in [6, 6.07) is 3.39. The van der Waals surface area contributed by atoms with E-state index in [4.69, 9.17) is 5.73 Å². The molecule has 1 atom stereocenters. The molecule has 1 heterocycles. The van der Waals surface area contributed by atoms with Crippen LogP contribution in [0.1, 0.15) is 30.8 Å². The molecule has 1 aromatic carbocycles. The van der Waals surface area contributed by atoms with E-state index >= 15 is 0 Å². The minimum Gasteiger partial charge on any atom is -0.321 e. The minimum absolute atomic E-state index is 0.422. The minimum atomic E-state index is -0.898. The van der Waals surface area contributed by atoms with Crippen molar-refractivity contribution in [3.05, 3.63) is 51.3 Å². The monoisotopic (exact) mass is 357 g/mol. The molecule has 0 saturated carbocycles. The van der Waals surface area contributed by atoms with Gasteiger partial charge in [-0.15, -0.1) is 0 Å². The van der Waals surface area contributed by atoms with Crippen LogP contribution in [0.25, 0.3) is 0 Å². The molecule has 21 heavy (non-hydrogen) atoms. The summed E-state index contributed by atoms with van der Waals surface area (Å²) >= 11 is 3.51. The van der Waals surface area contributed by atoms with Gasteiger partial charge in [-0.25, -0.2) is 8.78 Å². The number of halogens is 3. The highest BCUT2D eigenvalue weighted by Gasteiger charge is 2.27. The van der Waals surface area contributed by atoms with Crippen LogP contribution in [-0.2, 0) is 18.5 Å². The van der Waals surface area contributed by atoms with Crippen molar-refractivity contribution in [1.82, 2.24) is 9.78 Å². The van der Waals surface area contributed by atoms with Crippen molar-refractivity contribution in [2.24, 2.45) is 5.73 Å². The molecule has 0 amide bonds. The summed E-state index contributed by atoms with van der Waals surface area (Å²) in [4.78, 5) is 0. The standard InChI is InChI=1S/C15H18BrF2N3/c1-4-21-13(14(16)9(2)20-21)8-15(3,19)10-5-11(17)7-12(18)6-10/h5-7H,4,8,19H2,1-3H3. The molecular weight excluding hydrogens is 340 g/mol. The third-order valence-electron chi connectivity index (χ3n) is 3.51. The second-order valence-corrected chi connectivity index (χ2v) is 6.21. The predicted molar refractivity (Wildman–Crippen MR) is 81.9 cm³/mol. The maximum atomic E-state index is 13.4. The third-order valence-corrected chi connectivity index (χ3v) is 4.54. The fraction of sp³-hybridized carbons (Fsp3) is 0.400. The zero-order valence-electron chi connectivity index (χ0n) is 12.3. The van der Waals surface area contributed by atoms with Crippen molar-refractivity contribution >= 4 is 15.9 Å². The molecule has 1 unspecified atom stereocenters. The Balaban J connectivity index is 2.41. The Kier molecular flexibility index (Phi) is 4.49. The van der Waals surface area contributed by atoms with E-state index in [0.717, 1.165) is 21.9 Å². The van der Waals surface area contributed by atoms with Crippen LogP contribution in [0.3, 0.4) is 0 Å². The summed E-state index contributed by atoms with van der Waals surface area (Å²) in [6.45, 7) is 6.35. The summed E-state index contributed by atoms with van der Waals surface area (Å²) in [5.74, 6) is -1.25. The van der Waals surface area contributed by atoms with Crippen LogP contribution < -0.4 is 5.73 Å². The largest absolute Gasteiger partial charge is 0.321 e. The van der Waals surface area contributed by atoms with Crippen molar-refractivity contribution in [3.63, 3.8) is 0 Å². The molecule has 0 aliphatic rings. The maximum absolute atomic E-state index is 13.4. The molecule has 2 rings (SSSR count). The summed E-state index contributed by atoms with van der Waals surface area (Å²) in [6.07, 6.45) is 0.422. The Hall–Kier alpha value is -1.27. The van der Waals surface area contributed by atoms with E-state index in [0.29, 0.717) is 18.5 Å². The van der Waals surface area contributed by atoms with Crippen LogP contribution in [0.5, 0.6) is 0 Å². The highest BCUT2D eigenvalue weighted by molar-refractivity contribution is 9.10. The van der Waals surface area contributed by atoms with Crippen molar-refractivity contribution < 1.29 is 8.78 Å². The lowest BCUT2D eigenvalue weighted by atomic mass is 9.88. The molecule has 0 bridgehead atoms. The smallest absolute Gasteiger partial charge is 0.126 e. The van der Waals surface area contributed by atoms with Gasteiger partial charge < -0.3 is 5.73 Å². The molecule has 2 aromatic rings. The van der Waals surface area contributed by atoms with E-state index in [1.165, 1.54) is 12.1 Å². The van der Waals surface area contributed by atoms with Crippen LogP contribution in [0, 0.1) is 18.6 Å². The molecule has 3 nitrogen and oxygen atoms in total. The van der Waals surface area contributed by atoms with Gasteiger partial charge in [-0.1, -0.05) is 0 Å². The molecule has 6 heteroatoms. The number of rotatable bonds is 4. The SMILES string of the molecule is CCn1nc(C)c(Br)c1CC(C)(N)c1cc(F)cc(F)c1. The Bertz CT molecular complexity index is 645. The van der Waals surface area contributed by atoms with Gasteiger partial charge in [0.1, 0.15) is 11.6 Å². The van der Waals surface area contributed by atoms with Gasteiger partial charge in [-0.2, -0.15) is 5.10 Å². The molecule has 0 aliphatic carbocycles. The molecule has 0 fully saturated rings. The molecule has 114 valence electrons. The highest BCUT2D eigenvalue weighted by Crippen LogP contribution is 2.29. The van der Waals surface area contributed by atoms with E-state index in [9.17, 15) is 8.78 Å². The van der Waals surface area contributed by atoms with E-state index in [2.05, 4.69) is 21.0 Å². The summed E-state index contributed by atoms with van der Waals surface area (Å²) in [7, 11) is 0. The fourth-order valence-electron chi connectivity index (χ4n) is 2.37. The van der Waals surface area contributed by atoms with E-state index in [1.807, 2.05) is 18.5 Å². The maximum Gasteiger partial charge on any atom is 0.126 e. The van der Waals surface area contributed by atoms with Gasteiger partial charge in [0.15, 0.2) is 0 Å². The quantitative estimate of drug-likeness (QED) is 0.906. The number of aryl methyl sites for hydroxylation is 2. The van der Waals surface area contributed by atoms with Gasteiger partial charge in [-0.05, 0) is 54.4 Å². The Morgan fingerprint density at radius 2 is 1.86 bits per heavy atom. The van der Waals surface area contributed by atoms with Gasteiger partial charge in [0.2, 0.25) is 0 Å². The number of hydrogen-bond donors (Lipinski definition) is 1. The number of nitrogens with two attached hydrogens (primary N) is 1. The Morgan fingerprint density at radius 3 is 2.38 bits per heavy atom.